The highest BCUT2D eigenvalue weighted by Crippen LogP contribution is 2.16. The van der Waals surface area contributed by atoms with Crippen LogP contribution < -0.4 is 15.6 Å². The van der Waals surface area contributed by atoms with E-state index in [2.05, 4.69) is 10.9 Å². The lowest BCUT2D eigenvalue weighted by molar-refractivity contribution is 0.0845. The summed E-state index contributed by atoms with van der Waals surface area (Å²) < 4.78 is 5.07. The predicted molar refractivity (Wildman–Crippen MR) is 76.0 cm³/mol. The number of para-hydroxylation sites is 1. The number of phenols is 1. The molecule has 0 atom stereocenters. The zero-order valence-electron chi connectivity index (χ0n) is 11.3. The molecule has 2 aromatic rings. The lowest BCUT2D eigenvalue weighted by atomic mass is 10.2. The van der Waals surface area contributed by atoms with Gasteiger partial charge >= 0.3 is 0 Å². The summed E-state index contributed by atoms with van der Waals surface area (Å²) in [6.45, 7) is 0. The van der Waals surface area contributed by atoms with E-state index in [-0.39, 0.29) is 5.75 Å². The number of benzene rings is 2. The van der Waals surface area contributed by atoms with Crippen LogP contribution in [0.5, 0.6) is 11.5 Å². The molecule has 0 saturated carbocycles. The molecule has 108 valence electrons. The van der Waals surface area contributed by atoms with Gasteiger partial charge in [0.15, 0.2) is 0 Å². The van der Waals surface area contributed by atoms with E-state index in [4.69, 9.17) is 9.84 Å². The molecule has 0 aliphatic carbocycles. The van der Waals surface area contributed by atoms with Crippen molar-refractivity contribution in [2.24, 2.45) is 0 Å². The number of phenolic OH excluding ortho intramolecular Hbond substituents is 1. The van der Waals surface area contributed by atoms with E-state index < -0.39 is 11.8 Å². The monoisotopic (exact) mass is 286 g/mol. The van der Waals surface area contributed by atoms with Gasteiger partial charge in [0.2, 0.25) is 0 Å². The van der Waals surface area contributed by atoms with Crippen LogP contribution in [0.25, 0.3) is 0 Å². The van der Waals surface area contributed by atoms with Crippen LogP contribution in [-0.2, 0) is 0 Å². The van der Waals surface area contributed by atoms with E-state index in [9.17, 15) is 9.59 Å². The van der Waals surface area contributed by atoms with E-state index >= 15 is 0 Å². The SMILES string of the molecule is COc1ccccc1C(=O)NNC(=O)c1ccc(O)cc1. The summed E-state index contributed by atoms with van der Waals surface area (Å²) in [7, 11) is 1.46. The zero-order valence-corrected chi connectivity index (χ0v) is 11.3. The maximum absolute atomic E-state index is 12.0. The Labute approximate surface area is 121 Å². The Morgan fingerprint density at radius 1 is 0.952 bits per heavy atom. The molecule has 0 aromatic heterocycles. The van der Waals surface area contributed by atoms with Crippen molar-refractivity contribution in [3.05, 3.63) is 59.7 Å². The second-order valence-corrected chi connectivity index (χ2v) is 4.16. The molecule has 3 N–H and O–H groups in total. The average molecular weight is 286 g/mol. The van der Waals surface area contributed by atoms with Crippen LogP contribution in [0.3, 0.4) is 0 Å². The normalized spacial score (nSPS) is 9.76. The molecule has 2 aromatic carbocycles. The third kappa shape index (κ3) is 3.50. The standard InChI is InChI=1S/C15H14N2O4/c1-21-13-5-3-2-4-12(13)15(20)17-16-14(19)10-6-8-11(18)9-7-10/h2-9,18H,1H3,(H,16,19)(H,17,20). The van der Waals surface area contributed by atoms with Crippen molar-refractivity contribution >= 4 is 11.8 Å². The van der Waals surface area contributed by atoms with Crippen LogP contribution in [0.15, 0.2) is 48.5 Å². The average Bonchev–Trinajstić information content (AvgIpc) is 2.52. The number of aromatic hydroxyl groups is 1. The van der Waals surface area contributed by atoms with Crippen molar-refractivity contribution in [1.29, 1.82) is 0 Å². The summed E-state index contributed by atoms with van der Waals surface area (Å²) in [5, 5.41) is 9.15. The molecule has 0 bridgehead atoms. The number of hydrogen-bond acceptors (Lipinski definition) is 4. The third-order valence-corrected chi connectivity index (χ3v) is 2.77. The van der Waals surface area contributed by atoms with E-state index in [1.807, 2.05) is 0 Å². The summed E-state index contributed by atoms with van der Waals surface area (Å²) in [6, 6.07) is 12.3. The van der Waals surface area contributed by atoms with Crippen molar-refractivity contribution < 1.29 is 19.4 Å². The van der Waals surface area contributed by atoms with Crippen LogP contribution >= 0.6 is 0 Å². The Kier molecular flexibility index (Phi) is 4.40. The van der Waals surface area contributed by atoms with Gasteiger partial charge in [-0.15, -0.1) is 0 Å². The largest absolute Gasteiger partial charge is 0.508 e. The zero-order chi connectivity index (χ0) is 15.2. The van der Waals surface area contributed by atoms with Gasteiger partial charge in [-0.05, 0) is 36.4 Å². The highest BCUT2D eigenvalue weighted by molar-refractivity contribution is 6.00. The number of carbonyl (C=O) groups is 2. The Hall–Kier alpha value is -3.02. The maximum Gasteiger partial charge on any atom is 0.273 e. The third-order valence-electron chi connectivity index (χ3n) is 2.77. The minimum atomic E-state index is -0.488. The molecule has 0 aliphatic rings. The van der Waals surface area contributed by atoms with Crippen LogP contribution in [-0.4, -0.2) is 24.0 Å². The van der Waals surface area contributed by atoms with E-state index in [0.717, 1.165) is 0 Å². The summed E-state index contributed by atoms with van der Waals surface area (Å²) in [4.78, 5) is 23.8. The number of ether oxygens (including phenoxy) is 1. The number of methoxy groups -OCH3 is 1. The molecule has 0 aliphatic heterocycles. The van der Waals surface area contributed by atoms with Crippen molar-refractivity contribution in [2.75, 3.05) is 7.11 Å². The number of hydrogen-bond donors (Lipinski definition) is 3. The van der Waals surface area contributed by atoms with Crippen LogP contribution in [0.2, 0.25) is 0 Å². The molecule has 2 amide bonds. The summed E-state index contributed by atoms with van der Waals surface area (Å²) in [5.41, 5.74) is 5.22. The number of amides is 2. The fourth-order valence-electron chi connectivity index (χ4n) is 1.70. The van der Waals surface area contributed by atoms with Crippen LogP contribution in [0, 0.1) is 0 Å². The lowest BCUT2D eigenvalue weighted by Gasteiger charge is -2.10. The molecule has 0 fully saturated rings. The van der Waals surface area contributed by atoms with Crippen LogP contribution in [0.4, 0.5) is 0 Å². The first-order valence-corrected chi connectivity index (χ1v) is 6.14. The smallest absolute Gasteiger partial charge is 0.273 e. The molecule has 0 saturated heterocycles. The molecule has 0 unspecified atom stereocenters. The lowest BCUT2D eigenvalue weighted by Crippen LogP contribution is -2.41. The van der Waals surface area contributed by atoms with Gasteiger partial charge in [-0.3, -0.25) is 20.4 Å². The van der Waals surface area contributed by atoms with Gasteiger partial charge in [-0.25, -0.2) is 0 Å². The van der Waals surface area contributed by atoms with Gasteiger partial charge in [0.25, 0.3) is 11.8 Å². The first kappa shape index (κ1) is 14.4. The molecule has 6 nitrogen and oxygen atoms in total. The second-order valence-electron chi connectivity index (χ2n) is 4.16. The quantitative estimate of drug-likeness (QED) is 0.746. The molecular weight excluding hydrogens is 272 g/mol. The van der Waals surface area contributed by atoms with E-state index in [1.54, 1.807) is 24.3 Å². The molecule has 6 heteroatoms. The summed E-state index contributed by atoms with van der Waals surface area (Å²) in [5.74, 6) is -0.503. The highest BCUT2D eigenvalue weighted by Gasteiger charge is 2.12. The first-order valence-electron chi connectivity index (χ1n) is 6.14. The maximum atomic E-state index is 12.0. The topological polar surface area (TPSA) is 87.7 Å². The Morgan fingerprint density at radius 3 is 2.24 bits per heavy atom. The fourth-order valence-corrected chi connectivity index (χ4v) is 1.70. The predicted octanol–water partition coefficient (Wildman–Crippen LogP) is 1.48. The van der Waals surface area contributed by atoms with Crippen molar-refractivity contribution in [3.63, 3.8) is 0 Å². The van der Waals surface area contributed by atoms with Gasteiger partial charge in [0, 0.05) is 5.56 Å². The Balaban J connectivity index is 2.01. The molecule has 0 spiro atoms. The summed E-state index contributed by atoms with van der Waals surface area (Å²) in [6.07, 6.45) is 0. The van der Waals surface area contributed by atoms with Crippen molar-refractivity contribution in [1.82, 2.24) is 10.9 Å². The van der Waals surface area contributed by atoms with Gasteiger partial charge in [0.05, 0.1) is 12.7 Å². The van der Waals surface area contributed by atoms with E-state index in [0.29, 0.717) is 16.9 Å². The highest BCUT2D eigenvalue weighted by atomic mass is 16.5. The molecule has 21 heavy (non-hydrogen) atoms. The van der Waals surface area contributed by atoms with E-state index in [1.165, 1.54) is 31.4 Å². The Bertz CT molecular complexity index is 653. The molecule has 2 rings (SSSR count). The molecule has 0 heterocycles. The second kappa shape index (κ2) is 6.42. The molecule has 0 radical (unpaired) electrons. The van der Waals surface area contributed by atoms with Crippen molar-refractivity contribution in [2.45, 2.75) is 0 Å². The number of nitrogens with one attached hydrogen (secondary N) is 2. The Morgan fingerprint density at radius 2 is 1.57 bits per heavy atom. The van der Waals surface area contributed by atoms with Crippen molar-refractivity contribution in [3.8, 4) is 11.5 Å². The molecular formula is C15H14N2O4. The van der Waals surface area contributed by atoms with Gasteiger partial charge in [-0.1, -0.05) is 12.1 Å². The fraction of sp³-hybridized carbons (Fsp3) is 0.0667. The van der Waals surface area contributed by atoms with Gasteiger partial charge in [-0.2, -0.15) is 0 Å². The van der Waals surface area contributed by atoms with Gasteiger partial charge < -0.3 is 9.84 Å². The first-order chi connectivity index (χ1) is 10.1. The van der Waals surface area contributed by atoms with Crippen LogP contribution in [0.1, 0.15) is 20.7 Å². The van der Waals surface area contributed by atoms with Gasteiger partial charge in [0.1, 0.15) is 11.5 Å². The number of hydrazine groups is 1. The minimum Gasteiger partial charge on any atom is -0.508 e. The number of carbonyl (C=O) groups excluding carboxylic acids is 2. The summed E-state index contributed by atoms with van der Waals surface area (Å²) >= 11 is 0. The number of rotatable bonds is 3. The minimum absolute atomic E-state index is 0.0598.